The number of ether oxygens (including phenoxy) is 1. The molecule has 2 nitrogen and oxygen atoms in total. The highest BCUT2D eigenvalue weighted by molar-refractivity contribution is 7.12. The molecule has 0 amide bonds. The highest BCUT2D eigenvalue weighted by atomic mass is 32.1. The van der Waals surface area contributed by atoms with Gasteiger partial charge in [-0.15, -0.1) is 11.3 Å². The summed E-state index contributed by atoms with van der Waals surface area (Å²) in [6.45, 7) is 6.01. The molecule has 1 aromatic rings. The van der Waals surface area contributed by atoms with E-state index in [1.165, 1.54) is 37.0 Å². The van der Waals surface area contributed by atoms with E-state index in [1.807, 2.05) is 17.5 Å². The van der Waals surface area contributed by atoms with Crippen molar-refractivity contribution in [1.82, 2.24) is 0 Å². The van der Waals surface area contributed by atoms with Gasteiger partial charge >= 0.3 is 0 Å². The fraction of sp³-hybridized carbons (Fsp3) is 0.688. The Balaban J connectivity index is 2.05. The van der Waals surface area contributed by atoms with Gasteiger partial charge in [-0.05, 0) is 30.2 Å². The Labute approximate surface area is 121 Å². The minimum Gasteiger partial charge on any atom is -0.381 e. The highest BCUT2D eigenvalue weighted by Gasteiger charge is 2.08. The minimum atomic E-state index is 0.247. The van der Waals surface area contributed by atoms with Crippen molar-refractivity contribution in [3.8, 4) is 0 Å². The molecule has 0 saturated carbocycles. The zero-order chi connectivity index (χ0) is 13.9. The number of Topliss-reactive ketones (excluding diaryl/α,β-unsaturated/α-hetero) is 1. The van der Waals surface area contributed by atoms with Crippen LogP contribution in [0.5, 0.6) is 0 Å². The fourth-order valence-electron chi connectivity index (χ4n) is 2.04. The maximum absolute atomic E-state index is 11.8. The molecule has 0 bridgehead atoms. The third-order valence-corrected chi connectivity index (χ3v) is 4.30. The van der Waals surface area contributed by atoms with Crippen LogP contribution in [-0.4, -0.2) is 19.0 Å². The van der Waals surface area contributed by atoms with Gasteiger partial charge in [0.25, 0.3) is 0 Å². The summed E-state index contributed by atoms with van der Waals surface area (Å²) in [5, 5.41) is 1.95. The Morgan fingerprint density at radius 1 is 1.37 bits per heavy atom. The number of thiophene rings is 1. The molecule has 1 rings (SSSR count). The van der Waals surface area contributed by atoms with Crippen molar-refractivity contribution in [2.24, 2.45) is 5.92 Å². The van der Waals surface area contributed by atoms with E-state index >= 15 is 0 Å². The summed E-state index contributed by atoms with van der Waals surface area (Å²) < 4.78 is 5.70. The summed E-state index contributed by atoms with van der Waals surface area (Å²) in [6, 6.07) is 3.82. The van der Waals surface area contributed by atoms with Gasteiger partial charge in [0.1, 0.15) is 0 Å². The number of unbranched alkanes of at least 4 members (excludes halogenated alkanes) is 1. The molecule has 3 heteroatoms. The van der Waals surface area contributed by atoms with Gasteiger partial charge < -0.3 is 4.74 Å². The van der Waals surface area contributed by atoms with Crippen molar-refractivity contribution in [2.75, 3.05) is 13.2 Å². The first-order valence-electron chi connectivity index (χ1n) is 7.42. The van der Waals surface area contributed by atoms with E-state index in [9.17, 15) is 4.79 Å². The topological polar surface area (TPSA) is 26.3 Å². The van der Waals surface area contributed by atoms with E-state index in [0.29, 0.717) is 18.9 Å². The third-order valence-electron chi connectivity index (χ3n) is 3.39. The molecule has 0 aliphatic carbocycles. The van der Waals surface area contributed by atoms with Crippen LogP contribution in [0.3, 0.4) is 0 Å². The van der Waals surface area contributed by atoms with Gasteiger partial charge in [-0.25, -0.2) is 0 Å². The predicted octanol–water partition coefficient (Wildman–Crippen LogP) is 4.94. The average Bonchev–Trinajstić information content (AvgIpc) is 2.95. The highest BCUT2D eigenvalue weighted by Crippen LogP contribution is 2.14. The standard InChI is InChI=1S/C16H26O2S/c1-3-5-8-14(4-2)13-18-11-6-9-15(17)16-10-7-12-19-16/h7,10,12,14H,3-6,8-9,11,13H2,1-2H3. The smallest absolute Gasteiger partial charge is 0.172 e. The minimum absolute atomic E-state index is 0.247. The first-order valence-corrected chi connectivity index (χ1v) is 8.30. The van der Waals surface area contributed by atoms with Crippen molar-refractivity contribution in [3.63, 3.8) is 0 Å². The SMILES string of the molecule is CCCCC(CC)COCCCC(=O)c1cccs1. The lowest BCUT2D eigenvalue weighted by atomic mass is 10.0. The van der Waals surface area contributed by atoms with Crippen LogP contribution in [0.25, 0.3) is 0 Å². The molecule has 0 aromatic carbocycles. The molecule has 108 valence electrons. The molecule has 0 radical (unpaired) electrons. The molecule has 0 aliphatic heterocycles. The normalized spacial score (nSPS) is 12.5. The van der Waals surface area contributed by atoms with Gasteiger partial charge in [0.2, 0.25) is 0 Å². The maximum atomic E-state index is 11.8. The molecule has 1 unspecified atom stereocenters. The van der Waals surface area contributed by atoms with Crippen LogP contribution in [0.2, 0.25) is 0 Å². The van der Waals surface area contributed by atoms with E-state index < -0.39 is 0 Å². The van der Waals surface area contributed by atoms with Gasteiger partial charge in [-0.1, -0.05) is 39.2 Å². The van der Waals surface area contributed by atoms with Crippen LogP contribution in [0, 0.1) is 5.92 Å². The lowest BCUT2D eigenvalue weighted by Gasteiger charge is -2.14. The van der Waals surface area contributed by atoms with Gasteiger partial charge in [0.15, 0.2) is 5.78 Å². The predicted molar refractivity (Wildman–Crippen MR) is 82.0 cm³/mol. The Bertz CT molecular complexity index is 333. The van der Waals surface area contributed by atoms with E-state index in [4.69, 9.17) is 4.74 Å². The van der Waals surface area contributed by atoms with Gasteiger partial charge in [-0.2, -0.15) is 0 Å². The second-order valence-corrected chi connectivity index (χ2v) is 5.94. The molecular formula is C16H26O2S. The number of carbonyl (C=O) groups excluding carboxylic acids is 1. The van der Waals surface area contributed by atoms with Crippen molar-refractivity contribution in [3.05, 3.63) is 22.4 Å². The monoisotopic (exact) mass is 282 g/mol. The van der Waals surface area contributed by atoms with Gasteiger partial charge in [-0.3, -0.25) is 4.79 Å². The lowest BCUT2D eigenvalue weighted by Crippen LogP contribution is -2.10. The van der Waals surface area contributed by atoms with E-state index in [2.05, 4.69) is 13.8 Å². The molecule has 19 heavy (non-hydrogen) atoms. The zero-order valence-corrected chi connectivity index (χ0v) is 13.0. The Hall–Kier alpha value is -0.670. The Morgan fingerprint density at radius 2 is 2.21 bits per heavy atom. The number of ketones is 1. The van der Waals surface area contributed by atoms with E-state index in [-0.39, 0.29) is 5.78 Å². The molecular weight excluding hydrogens is 256 g/mol. The first-order chi connectivity index (χ1) is 9.27. The second kappa shape index (κ2) is 10.2. The third kappa shape index (κ3) is 6.88. The molecule has 1 heterocycles. The number of carbonyl (C=O) groups is 1. The summed E-state index contributed by atoms with van der Waals surface area (Å²) >= 11 is 1.52. The number of rotatable bonds is 11. The quantitative estimate of drug-likeness (QED) is 0.424. The summed E-state index contributed by atoms with van der Waals surface area (Å²) in [4.78, 5) is 12.6. The van der Waals surface area contributed by atoms with Crippen molar-refractivity contribution < 1.29 is 9.53 Å². The summed E-state index contributed by atoms with van der Waals surface area (Å²) in [6.07, 6.45) is 6.44. The summed E-state index contributed by atoms with van der Waals surface area (Å²) in [7, 11) is 0. The summed E-state index contributed by atoms with van der Waals surface area (Å²) in [5.41, 5.74) is 0. The molecule has 0 aliphatic rings. The zero-order valence-electron chi connectivity index (χ0n) is 12.2. The van der Waals surface area contributed by atoms with Crippen molar-refractivity contribution in [1.29, 1.82) is 0 Å². The van der Waals surface area contributed by atoms with Crippen LogP contribution >= 0.6 is 11.3 Å². The number of hydrogen-bond acceptors (Lipinski definition) is 3. The maximum Gasteiger partial charge on any atom is 0.172 e. The van der Waals surface area contributed by atoms with Crippen molar-refractivity contribution in [2.45, 2.75) is 52.4 Å². The van der Waals surface area contributed by atoms with Crippen molar-refractivity contribution >= 4 is 17.1 Å². The molecule has 0 spiro atoms. The van der Waals surface area contributed by atoms with E-state index in [1.54, 1.807) is 0 Å². The van der Waals surface area contributed by atoms with Crippen LogP contribution in [0.15, 0.2) is 17.5 Å². The van der Waals surface area contributed by atoms with Gasteiger partial charge in [0, 0.05) is 19.6 Å². The number of hydrogen-bond donors (Lipinski definition) is 0. The lowest BCUT2D eigenvalue weighted by molar-refractivity contribution is 0.0835. The largest absolute Gasteiger partial charge is 0.381 e. The second-order valence-electron chi connectivity index (χ2n) is 5.00. The van der Waals surface area contributed by atoms with Crippen LogP contribution in [-0.2, 0) is 4.74 Å². The molecule has 1 atom stereocenters. The molecule has 1 aromatic heterocycles. The Morgan fingerprint density at radius 3 is 2.84 bits per heavy atom. The fourth-order valence-corrected chi connectivity index (χ4v) is 2.74. The van der Waals surface area contributed by atoms with Crippen LogP contribution in [0.4, 0.5) is 0 Å². The van der Waals surface area contributed by atoms with Crippen LogP contribution in [0.1, 0.15) is 62.0 Å². The molecule has 0 fully saturated rings. The molecule has 0 N–H and O–H groups in total. The Kier molecular flexibility index (Phi) is 8.76. The molecule has 0 saturated heterocycles. The average molecular weight is 282 g/mol. The van der Waals surface area contributed by atoms with Crippen LogP contribution < -0.4 is 0 Å². The summed E-state index contributed by atoms with van der Waals surface area (Å²) in [5.74, 6) is 0.935. The van der Waals surface area contributed by atoms with E-state index in [0.717, 1.165) is 17.9 Å². The first kappa shape index (κ1) is 16.4. The van der Waals surface area contributed by atoms with Gasteiger partial charge in [0.05, 0.1) is 4.88 Å².